The van der Waals surface area contributed by atoms with Crippen molar-refractivity contribution < 1.29 is 4.79 Å². The lowest BCUT2D eigenvalue weighted by Crippen LogP contribution is -2.43. The first-order valence-corrected chi connectivity index (χ1v) is 7.98. The van der Waals surface area contributed by atoms with E-state index in [1.54, 1.807) is 0 Å². The minimum atomic E-state index is -0.465. The normalized spacial score (nSPS) is 20.6. The Labute approximate surface area is 127 Å². The molecule has 0 radical (unpaired) electrons. The van der Waals surface area contributed by atoms with Crippen molar-refractivity contribution in [1.82, 2.24) is 4.90 Å². The van der Waals surface area contributed by atoms with Crippen molar-refractivity contribution in [2.24, 2.45) is 5.41 Å². The predicted octanol–water partition coefficient (Wildman–Crippen LogP) is 4.05. The molecule has 1 fully saturated rings. The van der Waals surface area contributed by atoms with Crippen LogP contribution in [0.5, 0.6) is 0 Å². The number of alkyl halides is 1. The van der Waals surface area contributed by atoms with Crippen LogP contribution in [0.3, 0.4) is 0 Å². The summed E-state index contributed by atoms with van der Waals surface area (Å²) in [6.45, 7) is 5.56. The number of hydrogen-bond acceptors (Lipinski definition) is 1. The number of likely N-dealkylation sites (tertiary alicyclic amines) is 1. The molecule has 1 aromatic carbocycles. The van der Waals surface area contributed by atoms with Gasteiger partial charge in [0.2, 0.25) is 5.91 Å². The molecule has 1 atom stereocenters. The van der Waals surface area contributed by atoms with Crippen LogP contribution in [-0.2, 0) is 4.79 Å². The monoisotopic (exact) mass is 293 g/mol. The molecule has 0 N–H and O–H groups in total. The number of hydrogen-bond donors (Lipinski definition) is 0. The van der Waals surface area contributed by atoms with Gasteiger partial charge in [-0.2, -0.15) is 0 Å². The molecule has 3 heteroatoms. The van der Waals surface area contributed by atoms with Crippen LogP contribution >= 0.6 is 11.6 Å². The van der Waals surface area contributed by atoms with Gasteiger partial charge in [0.1, 0.15) is 0 Å². The zero-order valence-electron chi connectivity index (χ0n) is 12.4. The molecule has 0 aromatic heterocycles. The van der Waals surface area contributed by atoms with Gasteiger partial charge in [-0.15, -0.1) is 11.6 Å². The molecule has 1 amide bonds. The summed E-state index contributed by atoms with van der Waals surface area (Å²) in [5, 5.41) is 0. The van der Waals surface area contributed by atoms with E-state index >= 15 is 0 Å². The zero-order valence-corrected chi connectivity index (χ0v) is 13.2. The summed E-state index contributed by atoms with van der Waals surface area (Å²) in [5.74, 6) is 1.02. The second-order valence-electron chi connectivity index (χ2n) is 6.37. The van der Waals surface area contributed by atoms with Crippen molar-refractivity contribution >= 4 is 17.5 Å². The minimum absolute atomic E-state index is 0.190. The molecule has 1 heterocycles. The van der Waals surface area contributed by atoms with Crippen molar-refractivity contribution in [3.8, 4) is 0 Å². The van der Waals surface area contributed by atoms with Crippen LogP contribution in [0.4, 0.5) is 0 Å². The van der Waals surface area contributed by atoms with E-state index in [1.165, 1.54) is 12.0 Å². The highest BCUT2D eigenvalue weighted by Crippen LogP contribution is 2.29. The van der Waals surface area contributed by atoms with Crippen LogP contribution in [0.25, 0.3) is 0 Å². The first kappa shape index (κ1) is 15.4. The van der Waals surface area contributed by atoms with Crippen molar-refractivity contribution in [2.45, 2.75) is 39.0 Å². The van der Waals surface area contributed by atoms with E-state index in [2.05, 4.69) is 24.3 Å². The Morgan fingerprint density at radius 3 is 2.65 bits per heavy atom. The number of carbonyl (C=O) groups is 1. The van der Waals surface area contributed by atoms with Gasteiger partial charge in [0.15, 0.2) is 0 Å². The molecule has 2 nitrogen and oxygen atoms in total. The maximum absolute atomic E-state index is 12.6. The Bertz CT molecular complexity index is 444. The van der Waals surface area contributed by atoms with Gasteiger partial charge in [-0.05, 0) is 32.3 Å². The Hall–Kier alpha value is -1.02. The van der Waals surface area contributed by atoms with E-state index in [9.17, 15) is 4.79 Å². The van der Waals surface area contributed by atoms with E-state index in [0.717, 1.165) is 25.9 Å². The van der Waals surface area contributed by atoms with E-state index in [4.69, 9.17) is 11.6 Å². The molecule has 0 aliphatic carbocycles. The Morgan fingerprint density at radius 2 is 2.00 bits per heavy atom. The fourth-order valence-electron chi connectivity index (χ4n) is 2.81. The van der Waals surface area contributed by atoms with Gasteiger partial charge in [-0.1, -0.05) is 36.8 Å². The molecule has 0 saturated carbocycles. The predicted molar refractivity (Wildman–Crippen MR) is 84.1 cm³/mol. The summed E-state index contributed by atoms with van der Waals surface area (Å²) < 4.78 is 0. The molecule has 2 rings (SSSR count). The van der Waals surface area contributed by atoms with Gasteiger partial charge in [0.25, 0.3) is 0 Å². The van der Waals surface area contributed by atoms with Gasteiger partial charge in [-0.25, -0.2) is 0 Å². The van der Waals surface area contributed by atoms with Gasteiger partial charge in [-0.3, -0.25) is 4.79 Å². The first-order chi connectivity index (χ1) is 9.54. The number of amides is 1. The molecular formula is C17H24ClNO. The fourth-order valence-corrected chi connectivity index (χ4v) is 2.92. The summed E-state index contributed by atoms with van der Waals surface area (Å²) >= 11 is 5.95. The van der Waals surface area contributed by atoms with E-state index in [1.807, 2.05) is 24.8 Å². The molecule has 0 spiro atoms. The summed E-state index contributed by atoms with van der Waals surface area (Å²) in [4.78, 5) is 14.6. The van der Waals surface area contributed by atoms with Crippen LogP contribution in [0.2, 0.25) is 0 Å². The average Bonchev–Trinajstić information content (AvgIpc) is 2.73. The molecule has 1 saturated heterocycles. The lowest BCUT2D eigenvalue weighted by molar-refractivity contribution is -0.139. The second kappa shape index (κ2) is 6.62. The van der Waals surface area contributed by atoms with Crippen molar-refractivity contribution in [1.29, 1.82) is 0 Å². The second-order valence-corrected chi connectivity index (χ2v) is 6.64. The van der Waals surface area contributed by atoms with Crippen LogP contribution in [0.1, 0.15) is 44.6 Å². The molecule has 1 aliphatic rings. The smallest absolute Gasteiger partial charge is 0.229 e. The van der Waals surface area contributed by atoms with Crippen molar-refractivity contribution in [3.05, 3.63) is 35.9 Å². The molecule has 1 aliphatic heterocycles. The molecule has 1 unspecified atom stereocenters. The fraction of sp³-hybridized carbons (Fsp3) is 0.588. The number of halogens is 1. The molecule has 1 aromatic rings. The summed E-state index contributed by atoms with van der Waals surface area (Å²) in [5.41, 5.74) is 0.878. The quantitative estimate of drug-likeness (QED) is 0.770. The highest BCUT2D eigenvalue weighted by Gasteiger charge is 2.33. The van der Waals surface area contributed by atoms with Gasteiger partial charge >= 0.3 is 0 Å². The van der Waals surface area contributed by atoms with Crippen molar-refractivity contribution in [2.75, 3.05) is 19.0 Å². The van der Waals surface area contributed by atoms with E-state index < -0.39 is 5.41 Å². The highest BCUT2D eigenvalue weighted by molar-refractivity contribution is 6.19. The number of benzene rings is 1. The molecule has 110 valence electrons. The van der Waals surface area contributed by atoms with E-state index in [-0.39, 0.29) is 5.91 Å². The van der Waals surface area contributed by atoms with Crippen LogP contribution in [0, 0.1) is 5.41 Å². The summed E-state index contributed by atoms with van der Waals surface area (Å²) in [6, 6.07) is 10.5. The molecule has 0 bridgehead atoms. The Kier molecular flexibility index (Phi) is 5.09. The van der Waals surface area contributed by atoms with Crippen molar-refractivity contribution in [3.63, 3.8) is 0 Å². The SMILES string of the molecule is CC(C)(CCl)C(=O)N1CCCCC(c2ccccc2)C1. The van der Waals surface area contributed by atoms with E-state index in [0.29, 0.717) is 11.8 Å². The maximum atomic E-state index is 12.6. The molecular weight excluding hydrogens is 270 g/mol. The van der Waals surface area contributed by atoms with Gasteiger partial charge < -0.3 is 4.90 Å². The van der Waals surface area contributed by atoms with Gasteiger partial charge in [0.05, 0.1) is 5.41 Å². The third-order valence-electron chi connectivity index (χ3n) is 4.14. The minimum Gasteiger partial charge on any atom is -0.342 e. The van der Waals surface area contributed by atoms with Gasteiger partial charge in [0, 0.05) is 24.9 Å². The van der Waals surface area contributed by atoms with Crippen LogP contribution in [-0.4, -0.2) is 29.8 Å². The topological polar surface area (TPSA) is 20.3 Å². The standard InChI is InChI=1S/C17H24ClNO/c1-17(2,13-18)16(20)19-11-7-6-10-15(12-19)14-8-4-3-5-9-14/h3-5,8-9,15H,6-7,10-13H2,1-2H3. The largest absolute Gasteiger partial charge is 0.342 e. The zero-order chi connectivity index (χ0) is 14.6. The number of carbonyl (C=O) groups excluding carboxylic acids is 1. The third-order valence-corrected chi connectivity index (χ3v) is 4.81. The Morgan fingerprint density at radius 1 is 1.30 bits per heavy atom. The van der Waals surface area contributed by atoms with Crippen LogP contribution < -0.4 is 0 Å². The van der Waals surface area contributed by atoms with Crippen LogP contribution in [0.15, 0.2) is 30.3 Å². The summed E-state index contributed by atoms with van der Waals surface area (Å²) in [7, 11) is 0. The lowest BCUT2D eigenvalue weighted by Gasteiger charge is -2.31. The highest BCUT2D eigenvalue weighted by atomic mass is 35.5. The lowest BCUT2D eigenvalue weighted by atomic mass is 9.92. The molecule has 20 heavy (non-hydrogen) atoms. The Balaban J connectivity index is 2.13. The maximum Gasteiger partial charge on any atom is 0.229 e. The first-order valence-electron chi connectivity index (χ1n) is 7.45. The summed E-state index contributed by atoms with van der Waals surface area (Å²) in [6.07, 6.45) is 3.44. The third kappa shape index (κ3) is 3.54. The number of rotatable bonds is 3. The average molecular weight is 294 g/mol. The number of nitrogens with zero attached hydrogens (tertiary/aromatic N) is 1.